The molecule has 3 rings (SSSR count). The summed E-state index contributed by atoms with van der Waals surface area (Å²) in [7, 11) is -4.33. The largest absolute Gasteiger partial charge is 1.00 e. The molecule has 3 aromatic carbocycles. The molecule has 0 atom stereocenters. The number of phenolic OH excluding ortho intramolecular Hbond substituents is 1. The van der Waals surface area contributed by atoms with E-state index in [0.29, 0.717) is 25.9 Å². The summed E-state index contributed by atoms with van der Waals surface area (Å²) in [5, 5.41) is 22.8. The van der Waals surface area contributed by atoms with E-state index in [9.17, 15) is 44.3 Å². The van der Waals surface area contributed by atoms with Gasteiger partial charge in [0.15, 0.2) is 13.2 Å². The van der Waals surface area contributed by atoms with Crippen LogP contribution in [0.15, 0.2) is 77.7 Å². The molecule has 23 heteroatoms. The maximum Gasteiger partial charge on any atom is 1.00 e. The zero-order valence-electron chi connectivity index (χ0n) is 36.4. The number of phenols is 1. The van der Waals surface area contributed by atoms with Gasteiger partial charge in [0.2, 0.25) is 0 Å². The molecule has 0 fully saturated rings. The molecule has 3 N–H and O–H groups in total. The quantitative estimate of drug-likeness (QED) is 0.0766. The van der Waals surface area contributed by atoms with E-state index >= 15 is 0 Å². The van der Waals surface area contributed by atoms with E-state index in [1.54, 1.807) is 52.0 Å². The molecule has 0 aliphatic heterocycles. The zero-order valence-corrected chi connectivity index (χ0v) is 48.7. The number of aryl methyl sites for hydroxylation is 1. The van der Waals surface area contributed by atoms with Crippen LogP contribution in [0, 0.1) is 6.92 Å². The second-order valence-electron chi connectivity index (χ2n) is 13.9. The van der Waals surface area contributed by atoms with Crippen molar-refractivity contribution in [2.75, 3.05) is 26.3 Å². The van der Waals surface area contributed by atoms with E-state index in [4.69, 9.17) is 24.6 Å². The maximum atomic E-state index is 12.0. The maximum absolute atomic E-state index is 12.0. The molecule has 61 heavy (non-hydrogen) atoms. The molecule has 0 bridgehead atoms. The van der Waals surface area contributed by atoms with Gasteiger partial charge in [-0.2, -0.15) is 34.8 Å². The first-order valence-corrected chi connectivity index (χ1v) is 18.7. The van der Waals surface area contributed by atoms with Crippen LogP contribution in [0.4, 0.5) is 35.9 Å². The molecule has 14 nitrogen and oxygen atoms in total. The van der Waals surface area contributed by atoms with Gasteiger partial charge in [-0.15, -0.1) is 0 Å². The molecule has 0 heterocycles. The van der Waals surface area contributed by atoms with Gasteiger partial charge in [0.1, 0.15) is 22.7 Å². The Labute approximate surface area is 470 Å². The van der Waals surface area contributed by atoms with E-state index < -0.39 is 59.1 Å². The Morgan fingerprint density at radius 1 is 0.705 bits per heavy atom. The van der Waals surface area contributed by atoms with Crippen LogP contribution >= 0.6 is 0 Å². The monoisotopic (exact) mass is 1140 g/mol. The number of halogens is 6. The minimum atomic E-state index is -4.67. The Morgan fingerprint density at radius 3 is 1.43 bits per heavy atom. The number of ether oxygens (including phenoxy) is 3. The number of carbonyl (C=O) groups excluding carboxylic acids is 3. The van der Waals surface area contributed by atoms with Crippen molar-refractivity contribution in [3.63, 3.8) is 0 Å². The summed E-state index contributed by atoms with van der Waals surface area (Å²) >= 11 is 0. The number of alkyl carbamates (subject to hydrolysis) is 2. The van der Waals surface area contributed by atoms with Crippen molar-refractivity contribution >= 4 is 28.8 Å². The van der Waals surface area contributed by atoms with Gasteiger partial charge in [-0.3, -0.25) is 8.98 Å². The molecule has 0 aliphatic rings. The SMILES string of the molecule is CC(C)(C)OC(=O)NCCc1ccc(O)cc1.CC(C)(C)OC(=O)NCCc1ccc(OCC(F)(F)F)cc1.Cc1ccc(S(=O)(=O)OCC(F)(F)F)cc1.O=CO[O-].[Cs+].[Cs+].[H-]. The van der Waals surface area contributed by atoms with Crippen molar-refractivity contribution in [2.24, 2.45) is 0 Å². The molecular weight excluding hydrogens is 1090 g/mol. The molecule has 0 aliphatic carbocycles. The second-order valence-corrected chi connectivity index (χ2v) is 15.5. The summed E-state index contributed by atoms with van der Waals surface area (Å²) in [6, 6.07) is 18.5. The van der Waals surface area contributed by atoms with Crippen LogP contribution in [0.3, 0.4) is 0 Å². The fourth-order valence-corrected chi connectivity index (χ4v) is 4.64. The Balaban J connectivity index is -0.000000385. The molecular formula is C38H50Cs2F6N2O12S. The fourth-order valence-electron chi connectivity index (χ4n) is 3.74. The van der Waals surface area contributed by atoms with Crippen LogP contribution in [0.1, 0.15) is 59.7 Å². The summed E-state index contributed by atoms with van der Waals surface area (Å²) in [6.45, 7) is 10.1. The number of alkyl halides is 6. The number of benzene rings is 3. The number of carbonyl (C=O) groups is 3. The zero-order chi connectivity index (χ0) is 45.5. The first-order valence-electron chi connectivity index (χ1n) is 17.3. The molecule has 0 saturated heterocycles. The number of hydrogen-bond donors (Lipinski definition) is 3. The average molecular weight is 1140 g/mol. The Hall–Kier alpha value is -1.18. The molecule has 0 radical (unpaired) electrons. The van der Waals surface area contributed by atoms with E-state index in [-0.39, 0.29) is 162 Å². The van der Waals surface area contributed by atoms with Crippen LogP contribution in [0.25, 0.3) is 0 Å². The smallest absolute Gasteiger partial charge is 1.00 e. The van der Waals surface area contributed by atoms with Crippen LogP contribution < -0.4 is 158 Å². The molecule has 334 valence electrons. The number of hydrogen-bond acceptors (Lipinski definition) is 12. The van der Waals surface area contributed by atoms with Gasteiger partial charge in [0.05, 0.1) is 4.90 Å². The molecule has 3 aromatic rings. The van der Waals surface area contributed by atoms with E-state index in [0.717, 1.165) is 16.7 Å². The van der Waals surface area contributed by atoms with E-state index in [1.165, 1.54) is 36.4 Å². The van der Waals surface area contributed by atoms with Crippen LogP contribution in [-0.4, -0.2) is 82.0 Å². The van der Waals surface area contributed by atoms with Gasteiger partial charge in [0.25, 0.3) is 16.6 Å². The van der Waals surface area contributed by atoms with E-state index in [1.807, 2.05) is 32.9 Å². The van der Waals surface area contributed by atoms with Gasteiger partial charge in [0, 0.05) is 13.1 Å². The first-order chi connectivity index (χ1) is 27.0. The van der Waals surface area contributed by atoms with Crippen molar-refractivity contribution < 1.29 is 222 Å². The predicted molar refractivity (Wildman–Crippen MR) is 201 cm³/mol. The van der Waals surface area contributed by atoms with Crippen LogP contribution in [0.2, 0.25) is 0 Å². The third kappa shape index (κ3) is 37.9. The van der Waals surface area contributed by atoms with Crippen molar-refractivity contribution in [2.45, 2.75) is 89.8 Å². The Morgan fingerprint density at radius 2 is 1.08 bits per heavy atom. The molecule has 0 unspecified atom stereocenters. The van der Waals surface area contributed by atoms with Gasteiger partial charge in [-0.1, -0.05) is 42.0 Å². The number of nitrogens with one attached hydrogen (secondary N) is 2. The summed E-state index contributed by atoms with van der Waals surface area (Å²) in [5.74, 6) is 0.398. The number of rotatable bonds is 12. The summed E-state index contributed by atoms with van der Waals surface area (Å²) in [6.07, 6.45) is -8.68. The Kier molecular flexibility index (Phi) is 33.3. The standard InChI is InChI=1S/C15H20F3NO3.C13H19NO3.C9H9F3O3S.CH2O3.2Cs.H/c1-14(2,3)22-13(20)19-9-8-11-4-6-12(7-5-11)21-10-15(16,17)18;1-13(2,3)17-12(16)14-9-8-10-4-6-11(15)7-5-10;1-7-2-4-8(5-3-7)16(13,14)15-6-9(10,11)12;2-1-4-3;;;/h4-7H,8-10H2,1-3H3,(H,19,20);4-7,15H,8-9H2,1-3H3,(H,14,16);2-5H,6H2,1H3;1,3H;;;/q;;;;2*+1;-1/p-1. The second kappa shape index (κ2) is 31.7. The van der Waals surface area contributed by atoms with Crippen molar-refractivity contribution in [3.05, 3.63) is 89.5 Å². The van der Waals surface area contributed by atoms with Gasteiger partial charge in [-0.05, 0) is 109 Å². The van der Waals surface area contributed by atoms with Gasteiger partial charge < -0.3 is 41.5 Å². The predicted octanol–water partition coefficient (Wildman–Crippen LogP) is 0.972. The van der Waals surface area contributed by atoms with Crippen LogP contribution in [-0.2, 0) is 46.3 Å². The molecule has 0 saturated carbocycles. The third-order valence-electron chi connectivity index (χ3n) is 6.15. The Bertz CT molecular complexity index is 1800. The topological polar surface area (TPSA) is 199 Å². The number of aromatic hydroxyl groups is 1. The van der Waals surface area contributed by atoms with E-state index in [2.05, 4.69) is 24.4 Å². The van der Waals surface area contributed by atoms with Gasteiger partial charge >= 0.3 is 162 Å². The molecule has 2 amide bonds. The summed E-state index contributed by atoms with van der Waals surface area (Å²) in [4.78, 5) is 33.7. The molecule has 0 aromatic heterocycles. The summed E-state index contributed by atoms with van der Waals surface area (Å²) < 4.78 is 113. The molecule has 0 spiro atoms. The fraction of sp³-hybridized carbons (Fsp3) is 0.447. The van der Waals surface area contributed by atoms with Crippen molar-refractivity contribution in [1.82, 2.24) is 10.6 Å². The number of amides is 2. The minimum Gasteiger partial charge on any atom is -1.00 e. The van der Waals surface area contributed by atoms with Crippen molar-refractivity contribution in [3.8, 4) is 11.5 Å². The minimum absolute atomic E-state index is 0. The van der Waals surface area contributed by atoms with Crippen molar-refractivity contribution in [1.29, 1.82) is 0 Å². The summed E-state index contributed by atoms with van der Waals surface area (Å²) in [5.41, 5.74) is 1.70. The average Bonchev–Trinajstić information content (AvgIpc) is 3.10. The van der Waals surface area contributed by atoms with Gasteiger partial charge in [-0.25, -0.2) is 9.59 Å². The first kappa shape index (κ1) is 64.1. The normalized spacial score (nSPS) is 11.0. The third-order valence-corrected chi connectivity index (χ3v) is 7.43. The van der Waals surface area contributed by atoms with Crippen LogP contribution in [0.5, 0.6) is 11.5 Å².